The summed E-state index contributed by atoms with van der Waals surface area (Å²) >= 11 is 1.39. The molecule has 0 aliphatic carbocycles. The molecule has 0 saturated carbocycles. The summed E-state index contributed by atoms with van der Waals surface area (Å²) in [5.74, 6) is 0.538. The minimum Gasteiger partial charge on any atom is -0.497 e. The van der Waals surface area contributed by atoms with Gasteiger partial charge in [0.05, 0.1) is 36.8 Å². The van der Waals surface area contributed by atoms with Gasteiger partial charge in [0.1, 0.15) is 5.75 Å². The molecule has 1 amide bonds. The van der Waals surface area contributed by atoms with E-state index in [1.54, 1.807) is 25.9 Å². The van der Waals surface area contributed by atoms with Gasteiger partial charge in [-0.25, -0.2) is 9.79 Å². The molecule has 0 N–H and O–H groups in total. The molecule has 6 nitrogen and oxygen atoms in total. The predicted octanol–water partition coefficient (Wildman–Crippen LogP) is 2.52. The maximum atomic E-state index is 12.5. The number of hydrogen-bond donors (Lipinski definition) is 0. The van der Waals surface area contributed by atoms with Crippen molar-refractivity contribution in [1.29, 1.82) is 0 Å². The predicted molar refractivity (Wildman–Crippen MR) is 91.8 cm³/mol. The Labute approximate surface area is 144 Å². The first-order valence-corrected chi connectivity index (χ1v) is 8.60. The molecule has 1 saturated heterocycles. The van der Waals surface area contributed by atoms with E-state index in [0.717, 1.165) is 5.56 Å². The summed E-state index contributed by atoms with van der Waals surface area (Å²) in [6.45, 7) is 3.80. The van der Waals surface area contributed by atoms with E-state index >= 15 is 0 Å². The van der Waals surface area contributed by atoms with Crippen LogP contribution in [-0.4, -0.2) is 41.4 Å². The molecule has 3 rings (SSSR count). The Morgan fingerprint density at radius 3 is 2.71 bits per heavy atom. The van der Waals surface area contributed by atoms with Crippen LogP contribution in [0.5, 0.6) is 5.75 Å². The van der Waals surface area contributed by atoms with Gasteiger partial charge in [0.15, 0.2) is 5.17 Å². The van der Waals surface area contributed by atoms with Crippen LogP contribution < -0.4 is 4.74 Å². The summed E-state index contributed by atoms with van der Waals surface area (Å²) in [4.78, 5) is 30.9. The van der Waals surface area contributed by atoms with E-state index < -0.39 is 12.0 Å². The van der Waals surface area contributed by atoms with Crippen molar-refractivity contribution >= 4 is 28.8 Å². The Balaban J connectivity index is 2.10. The molecule has 0 bridgehead atoms. The molecule has 0 spiro atoms. The van der Waals surface area contributed by atoms with Crippen LogP contribution in [0.15, 0.2) is 40.5 Å². The SMILES string of the molecule is CCOC(=O)C1=C(C)N=C2SCC(=O)N2[C@H]1c1ccc(OC)cc1. The first-order valence-electron chi connectivity index (χ1n) is 7.62. The number of allylic oxidation sites excluding steroid dienone is 1. The normalized spacial score (nSPS) is 20.0. The first-order chi connectivity index (χ1) is 11.6. The number of rotatable bonds is 4. The standard InChI is InChI=1S/C17H18N2O4S/c1-4-23-16(21)14-10(2)18-17-19(13(20)9-24-17)15(14)11-5-7-12(22-3)8-6-11/h5-8,15H,4,9H2,1-3H3/t15-/m0/s1. The molecule has 0 unspecified atom stereocenters. The van der Waals surface area contributed by atoms with Crippen molar-refractivity contribution in [2.24, 2.45) is 4.99 Å². The van der Waals surface area contributed by atoms with Crippen molar-refractivity contribution in [3.8, 4) is 5.75 Å². The van der Waals surface area contributed by atoms with E-state index in [1.807, 2.05) is 24.3 Å². The number of ether oxygens (including phenoxy) is 2. The number of nitrogens with zero attached hydrogens (tertiary/aromatic N) is 2. The van der Waals surface area contributed by atoms with Gasteiger partial charge in [0.2, 0.25) is 5.91 Å². The first kappa shape index (κ1) is 16.6. The monoisotopic (exact) mass is 346 g/mol. The molecule has 2 aliphatic rings. The topological polar surface area (TPSA) is 68.2 Å². The van der Waals surface area contributed by atoms with Gasteiger partial charge in [-0.15, -0.1) is 0 Å². The fourth-order valence-corrected chi connectivity index (χ4v) is 3.75. The maximum absolute atomic E-state index is 12.5. The number of hydrogen-bond acceptors (Lipinski definition) is 6. The van der Waals surface area contributed by atoms with E-state index in [-0.39, 0.29) is 12.5 Å². The number of esters is 1. The fraction of sp³-hybridized carbons (Fsp3) is 0.353. The second-order valence-electron chi connectivity index (χ2n) is 5.34. The minimum atomic E-state index is -0.523. The Morgan fingerprint density at radius 1 is 1.38 bits per heavy atom. The molecule has 1 fully saturated rings. The van der Waals surface area contributed by atoms with Crippen molar-refractivity contribution in [3.05, 3.63) is 41.1 Å². The number of methoxy groups -OCH3 is 1. The largest absolute Gasteiger partial charge is 0.497 e. The summed E-state index contributed by atoms with van der Waals surface area (Å²) in [5, 5.41) is 0.631. The molecule has 1 aromatic carbocycles. The molecule has 0 radical (unpaired) electrons. The van der Waals surface area contributed by atoms with Gasteiger partial charge in [-0.3, -0.25) is 9.69 Å². The number of aliphatic imine (C=N–C) groups is 1. The number of fused-ring (bicyclic) bond motifs is 1. The molecule has 126 valence electrons. The van der Waals surface area contributed by atoms with Crippen LogP contribution >= 0.6 is 11.8 Å². The van der Waals surface area contributed by atoms with Crippen LogP contribution in [0.3, 0.4) is 0 Å². The van der Waals surface area contributed by atoms with Crippen molar-refractivity contribution in [3.63, 3.8) is 0 Å². The zero-order valence-electron chi connectivity index (χ0n) is 13.7. The summed E-state index contributed by atoms with van der Waals surface area (Å²) in [6.07, 6.45) is 0. The number of amides is 1. The third-order valence-corrected chi connectivity index (χ3v) is 4.85. The quantitative estimate of drug-likeness (QED) is 0.784. The van der Waals surface area contributed by atoms with Crippen LogP contribution in [0.2, 0.25) is 0 Å². The lowest BCUT2D eigenvalue weighted by molar-refractivity contribution is -0.139. The fourth-order valence-electron chi connectivity index (χ4n) is 2.81. The van der Waals surface area contributed by atoms with E-state index in [9.17, 15) is 9.59 Å². The highest BCUT2D eigenvalue weighted by Crippen LogP contribution is 2.41. The molecule has 0 aromatic heterocycles. The van der Waals surface area contributed by atoms with Gasteiger partial charge in [0, 0.05) is 0 Å². The van der Waals surface area contributed by atoms with Crippen molar-refractivity contribution in [2.75, 3.05) is 19.5 Å². The molecule has 1 atom stereocenters. The van der Waals surface area contributed by atoms with Crippen LogP contribution in [0.4, 0.5) is 0 Å². The lowest BCUT2D eigenvalue weighted by atomic mass is 9.94. The molecule has 7 heteroatoms. The highest BCUT2D eigenvalue weighted by atomic mass is 32.2. The number of thioether (sulfide) groups is 1. The Morgan fingerprint density at radius 2 is 2.08 bits per heavy atom. The van der Waals surface area contributed by atoms with Crippen LogP contribution in [0.1, 0.15) is 25.5 Å². The van der Waals surface area contributed by atoms with E-state index in [4.69, 9.17) is 9.47 Å². The lowest BCUT2D eigenvalue weighted by Crippen LogP contribution is -2.39. The van der Waals surface area contributed by atoms with Gasteiger partial charge >= 0.3 is 5.97 Å². The van der Waals surface area contributed by atoms with Crippen LogP contribution in [-0.2, 0) is 14.3 Å². The summed E-state index contributed by atoms with van der Waals surface area (Å²) < 4.78 is 10.4. The Kier molecular flexibility index (Phi) is 4.62. The summed E-state index contributed by atoms with van der Waals surface area (Å²) in [5.41, 5.74) is 1.81. The van der Waals surface area contributed by atoms with Gasteiger partial charge in [-0.1, -0.05) is 23.9 Å². The Hall–Kier alpha value is -2.28. The minimum absolute atomic E-state index is 0.0612. The van der Waals surface area contributed by atoms with Gasteiger partial charge in [0.25, 0.3) is 0 Å². The highest BCUT2D eigenvalue weighted by molar-refractivity contribution is 8.15. The van der Waals surface area contributed by atoms with Crippen LogP contribution in [0, 0.1) is 0 Å². The van der Waals surface area contributed by atoms with E-state index in [1.165, 1.54) is 11.8 Å². The average molecular weight is 346 g/mol. The Bertz CT molecular complexity index is 739. The second kappa shape index (κ2) is 6.68. The number of amidine groups is 1. The average Bonchev–Trinajstić information content (AvgIpc) is 2.94. The van der Waals surface area contributed by atoms with Crippen molar-refractivity contribution in [1.82, 2.24) is 4.90 Å². The zero-order valence-corrected chi connectivity index (χ0v) is 14.6. The molecular weight excluding hydrogens is 328 g/mol. The molecule has 2 aliphatic heterocycles. The number of carbonyl (C=O) groups is 2. The molecular formula is C17H18N2O4S. The third kappa shape index (κ3) is 2.80. The van der Waals surface area contributed by atoms with E-state index in [2.05, 4.69) is 4.99 Å². The zero-order chi connectivity index (χ0) is 17.3. The molecule has 1 aromatic rings. The molecule has 2 heterocycles. The smallest absolute Gasteiger partial charge is 0.338 e. The van der Waals surface area contributed by atoms with Gasteiger partial charge in [-0.2, -0.15) is 0 Å². The van der Waals surface area contributed by atoms with Gasteiger partial charge < -0.3 is 9.47 Å². The second-order valence-corrected chi connectivity index (χ2v) is 6.28. The maximum Gasteiger partial charge on any atom is 0.338 e. The third-order valence-electron chi connectivity index (χ3n) is 3.91. The lowest BCUT2D eigenvalue weighted by Gasteiger charge is -2.32. The molecule has 24 heavy (non-hydrogen) atoms. The number of benzene rings is 1. The van der Waals surface area contributed by atoms with Crippen molar-refractivity contribution in [2.45, 2.75) is 19.9 Å². The van der Waals surface area contributed by atoms with Gasteiger partial charge in [-0.05, 0) is 31.5 Å². The number of carbonyl (C=O) groups excluding carboxylic acids is 2. The van der Waals surface area contributed by atoms with Crippen LogP contribution in [0.25, 0.3) is 0 Å². The highest BCUT2D eigenvalue weighted by Gasteiger charge is 2.43. The summed E-state index contributed by atoms with van der Waals surface area (Å²) in [7, 11) is 1.59. The summed E-state index contributed by atoms with van der Waals surface area (Å²) in [6, 6.07) is 6.81. The van der Waals surface area contributed by atoms with E-state index in [0.29, 0.717) is 27.9 Å². The van der Waals surface area contributed by atoms with Crippen molar-refractivity contribution < 1.29 is 19.1 Å².